The molecule has 0 aromatic heterocycles. The number of halogens is 10. The molecular formula is C119H138Cl10N5O5P5Ti5. The van der Waals surface area contributed by atoms with E-state index >= 15 is 0 Å². The number of nitrogens with zero attached hydrogens (tertiary/aromatic N) is 5. The molecule has 0 aliphatic heterocycles. The normalized spacial score (nSPS) is 11.7. The molecule has 0 fully saturated rings. The number of phenolic OH excluding ortho intramolecular Hbond substituents is 5. The molecule has 0 heterocycles. The fourth-order valence-corrected chi connectivity index (χ4v) is 23.0. The van der Waals surface area contributed by atoms with E-state index in [0.29, 0.717) is 71.7 Å². The van der Waals surface area contributed by atoms with Gasteiger partial charge in [0.25, 0.3) is 0 Å². The van der Waals surface area contributed by atoms with Gasteiger partial charge in [-0.05, 0) is 209 Å². The summed E-state index contributed by atoms with van der Waals surface area (Å²) in [4.78, 5) is 20.7. The van der Waals surface area contributed by atoms with E-state index in [1.807, 2.05) is 139 Å². The minimum absolute atomic E-state index is 0.00156. The van der Waals surface area contributed by atoms with E-state index in [0.717, 1.165) is 123 Å². The van der Waals surface area contributed by atoms with Crippen molar-refractivity contribution in [1.29, 1.82) is 0 Å². The second-order valence-corrected chi connectivity index (χ2v) is 58.3. The first-order valence-electron chi connectivity index (χ1n) is 47.6. The number of aliphatic imine (C=N–C) groups is 4. The molecule has 0 aliphatic carbocycles. The summed E-state index contributed by atoms with van der Waals surface area (Å²) >= 11 is -2.78. The van der Waals surface area contributed by atoms with Crippen LogP contribution >= 0.6 is 136 Å². The van der Waals surface area contributed by atoms with Gasteiger partial charge in [-0.2, -0.15) is 0 Å². The van der Waals surface area contributed by atoms with Gasteiger partial charge < -0.3 is 30.4 Å². The van der Waals surface area contributed by atoms with Crippen molar-refractivity contribution in [2.75, 3.05) is 42.3 Å². The molecular weight excluding hydrogens is 2330 g/mol. The predicted molar refractivity (Wildman–Crippen MR) is 651 cm³/mol. The maximum atomic E-state index is 11.3. The number of hydrogen-bond donors (Lipinski definition) is 5. The molecule has 14 aromatic carbocycles. The maximum absolute atomic E-state index is 11.3. The molecule has 0 bridgehead atoms. The molecule has 5 unspecified atom stereocenters. The zero-order valence-electron chi connectivity index (χ0n) is 89.7. The van der Waals surface area contributed by atoms with Gasteiger partial charge in [-0.15, -0.1) is 0 Å². The van der Waals surface area contributed by atoms with Crippen molar-refractivity contribution in [2.24, 2.45) is 20.0 Å². The van der Waals surface area contributed by atoms with E-state index in [9.17, 15) is 25.5 Å². The molecule has 30 heteroatoms. The summed E-state index contributed by atoms with van der Waals surface area (Å²) < 4.78 is 0. The predicted octanol–water partition coefficient (Wildman–Crippen LogP) is 30.6. The first-order valence-corrected chi connectivity index (χ1v) is 74.1. The molecule has 0 aliphatic rings. The monoisotopic (exact) mass is 2460 g/mol. The number of para-hydroxylation sites is 1. The second kappa shape index (κ2) is 68.9. The van der Waals surface area contributed by atoms with Gasteiger partial charge in [0.1, 0.15) is 28.7 Å². The Balaban J connectivity index is 0.000000318. The third-order valence-corrected chi connectivity index (χ3v) is 31.1. The molecule has 5 atom stereocenters. The van der Waals surface area contributed by atoms with Crippen LogP contribution < -0.4 is 53.0 Å². The first kappa shape index (κ1) is 135. The number of aromatic hydroxyl groups is 5. The van der Waals surface area contributed by atoms with E-state index in [4.69, 9.17) is 93.0 Å². The van der Waals surface area contributed by atoms with Gasteiger partial charge in [-0.3, -0.25) is 20.0 Å². The van der Waals surface area contributed by atoms with Gasteiger partial charge in [0.05, 0.1) is 22.8 Å². The van der Waals surface area contributed by atoms with Crippen molar-refractivity contribution >= 4 is 212 Å². The van der Waals surface area contributed by atoms with Crippen LogP contribution in [0.4, 0.5) is 0 Å². The average molecular weight is 2470 g/mol. The van der Waals surface area contributed by atoms with Gasteiger partial charge in [-0.1, -0.05) is 387 Å². The Morgan fingerprint density at radius 3 is 0.812 bits per heavy atom. The Morgan fingerprint density at radius 1 is 0.262 bits per heavy atom. The number of hydrogen-bond acceptors (Lipinski definition) is 10. The number of rotatable bonds is 20. The third-order valence-electron chi connectivity index (χ3n) is 23.4. The fraction of sp³-hybridized carbons (Fsp3) is 0.261. The van der Waals surface area contributed by atoms with Crippen molar-refractivity contribution in [2.45, 2.75) is 167 Å². The van der Waals surface area contributed by atoms with Crippen LogP contribution in [0.1, 0.15) is 200 Å². The summed E-state index contributed by atoms with van der Waals surface area (Å²) in [5.74, 6) is 2.03. The van der Waals surface area contributed by atoms with Crippen molar-refractivity contribution < 1.29 is 111 Å². The Kier molecular flexibility index (Phi) is 62.3. The van der Waals surface area contributed by atoms with Crippen molar-refractivity contribution in [1.82, 2.24) is 4.90 Å². The van der Waals surface area contributed by atoms with Crippen LogP contribution in [0.25, 0.3) is 0 Å². The van der Waals surface area contributed by atoms with Crippen molar-refractivity contribution in [3.05, 3.63) is 408 Å². The van der Waals surface area contributed by atoms with Gasteiger partial charge in [0.15, 0.2) is 0 Å². The molecule has 149 heavy (non-hydrogen) atoms. The quantitative estimate of drug-likeness (QED) is 0.0291. The summed E-state index contributed by atoms with van der Waals surface area (Å²) in [6.45, 7) is 43.9. The average Bonchev–Trinajstić information content (AvgIpc) is 0.838. The van der Waals surface area contributed by atoms with Crippen LogP contribution in [0.3, 0.4) is 0 Å². The van der Waals surface area contributed by atoms with Gasteiger partial charge in [0, 0.05) is 117 Å². The van der Waals surface area contributed by atoms with Crippen LogP contribution in [0, 0.1) is 55.4 Å². The molecule has 0 amide bonds. The fourth-order valence-electron chi connectivity index (χ4n) is 16.1. The van der Waals surface area contributed by atoms with Gasteiger partial charge in [0.2, 0.25) is 0 Å². The standard InChI is InChI=1S/C29H36NOP.2C26H30NOP.C23H24NOP.C15H18NOP.10ClH.5Ti/c1-19-13-12-16-22(25(30-8)20-14-10-9-11-15-20)27(19)32-24-18-21(28(2,3)4)17-23(26(24)31)29(5,6)7;1-17-15-21(26(3,4)5)24(28)22(16-17)29-25-18(2)11-10-14-20(25)23(27-6)19-12-8-7-9-13-19;1-17-11-10-14-21(23(27-6)19-12-8-7-9-13-19)25(17)29-22-16-20(26(3,4)5)15-18(2)24(22)28;1-15-13-17(3)22(25)20(14-15)26-23-16(2)9-8-12-19(23)21(24-4)18-10-6-5-7-11-18;1-16(2)11-12-7-3-5-9-14(12)18-15-10-6-4-8-13(15)17;;;;;;;;;;;;;;;/h9-18,31-32H,1-8H3;2*7-16,28-29H,1-6H3;5-14,25-26H,1-4H3;3-10,17-18H,11H2,1-2H3;10*1H;;;;;/q;;;;;;;;;;;;;;;5*+2/p-10. The summed E-state index contributed by atoms with van der Waals surface area (Å²) in [5, 5.41) is 64.9. The number of aryl methyl sites for hydroxylation is 8. The van der Waals surface area contributed by atoms with E-state index in [1.54, 1.807) is 6.07 Å². The van der Waals surface area contributed by atoms with Crippen LogP contribution in [0.15, 0.2) is 311 Å². The van der Waals surface area contributed by atoms with Crippen molar-refractivity contribution in [3.63, 3.8) is 0 Å². The summed E-state index contributed by atoms with van der Waals surface area (Å²) in [5.41, 5.74) is 27.6. The number of phenols is 5. The Labute approximate surface area is 981 Å². The van der Waals surface area contributed by atoms with E-state index in [2.05, 4.69) is 352 Å². The summed E-state index contributed by atoms with van der Waals surface area (Å²) in [7, 11) is 62.3. The SMILES string of the molecule is CN(C)Cc1ccccc1Pc1ccccc1O.CN=C(c1ccccc1)c1cccc(C)c1Pc1cc(C(C)(C)C)cc(C(C)(C)C)c1O.CN=C(c1ccccc1)c1cccc(C)c1Pc1cc(C(C)(C)C)cc(C)c1O.CN=C(c1ccccc1)c1cccc(C)c1Pc1cc(C)cc(C(C)(C)C)c1O.CN=C(c1ccccc1)c1cccc(C)c1Pc1cc(C)cc(C)c1O.[Cl][Ti][Cl].[Cl][Ti][Cl].[Cl][Ti][Cl].[Cl][Ti][Cl].[Cl][Ti][Cl]. The second-order valence-electron chi connectivity index (χ2n) is 38.9. The van der Waals surface area contributed by atoms with Crippen LogP contribution in [0.5, 0.6) is 28.7 Å². The molecule has 10 nitrogen and oxygen atoms in total. The molecule has 5 N–H and O–H groups in total. The van der Waals surface area contributed by atoms with Gasteiger partial charge in [-0.25, -0.2) is 0 Å². The Hall–Kier alpha value is -4.66. The molecule has 14 rings (SSSR count). The Morgan fingerprint density at radius 2 is 0.517 bits per heavy atom. The molecule has 0 spiro atoms. The molecule has 0 radical (unpaired) electrons. The molecule has 0 saturated carbocycles. The third kappa shape index (κ3) is 43.2. The zero-order chi connectivity index (χ0) is 111. The molecule has 14 aromatic rings. The van der Waals surface area contributed by atoms with E-state index in [-0.39, 0.29) is 21.7 Å². The van der Waals surface area contributed by atoms with Gasteiger partial charge >= 0.3 is 178 Å². The van der Waals surface area contributed by atoms with Crippen LogP contribution in [0.2, 0.25) is 0 Å². The van der Waals surface area contributed by atoms with Crippen LogP contribution in [-0.2, 0) is 113 Å². The minimum atomic E-state index is -0.556. The van der Waals surface area contributed by atoms with Crippen LogP contribution in [-0.4, -0.2) is 95.6 Å². The van der Waals surface area contributed by atoms with Crippen molar-refractivity contribution in [3.8, 4) is 28.7 Å². The molecule has 784 valence electrons. The van der Waals surface area contributed by atoms with E-state index in [1.165, 1.54) is 76.6 Å². The topological polar surface area (TPSA) is 154 Å². The zero-order valence-corrected chi connectivity index (χ0v) is 110. The first-order chi connectivity index (χ1) is 70.6. The number of benzene rings is 14. The van der Waals surface area contributed by atoms with E-state index < -0.39 is 85.2 Å². The molecule has 0 saturated heterocycles. The Bertz CT molecular complexity index is 6580. The summed E-state index contributed by atoms with van der Waals surface area (Å²) in [6.07, 6.45) is 0. The summed E-state index contributed by atoms with van der Waals surface area (Å²) in [6, 6.07) is 99.6.